The number of nitrogens with two attached hydrogens (primary N) is 1. The van der Waals surface area contributed by atoms with E-state index in [2.05, 4.69) is 36.2 Å². The molecule has 98 valence electrons. The molecule has 2 atom stereocenters. The van der Waals surface area contributed by atoms with Crippen molar-refractivity contribution in [3.8, 4) is 0 Å². The van der Waals surface area contributed by atoms with Gasteiger partial charge >= 0.3 is 0 Å². The van der Waals surface area contributed by atoms with Gasteiger partial charge in [0.15, 0.2) is 0 Å². The van der Waals surface area contributed by atoms with Gasteiger partial charge in [0.2, 0.25) is 0 Å². The Morgan fingerprint density at radius 1 is 1.33 bits per heavy atom. The van der Waals surface area contributed by atoms with Crippen LogP contribution in [0.2, 0.25) is 0 Å². The lowest BCUT2D eigenvalue weighted by atomic mass is 10.0. The van der Waals surface area contributed by atoms with Gasteiger partial charge in [0.1, 0.15) is 0 Å². The summed E-state index contributed by atoms with van der Waals surface area (Å²) in [4.78, 5) is 4.33. The minimum atomic E-state index is 0. The first-order chi connectivity index (χ1) is 7.73. The molecule has 1 aliphatic rings. The van der Waals surface area contributed by atoms with E-state index < -0.39 is 0 Å². The second kappa shape index (κ2) is 5.43. The first-order valence-electron chi connectivity index (χ1n) is 5.86. The molecule has 18 heavy (non-hydrogen) atoms. The Morgan fingerprint density at radius 2 is 2.11 bits per heavy atom. The normalized spacial score (nSPS) is 25.1. The number of fused-ring (bicyclic) bond motifs is 1. The molecule has 0 amide bonds. The van der Waals surface area contributed by atoms with Crippen molar-refractivity contribution in [1.82, 2.24) is 4.98 Å². The van der Waals surface area contributed by atoms with Crippen LogP contribution in [-0.4, -0.2) is 10.5 Å². The highest BCUT2D eigenvalue weighted by molar-refractivity contribution is 5.85. The van der Waals surface area contributed by atoms with Gasteiger partial charge in [-0.15, -0.1) is 24.8 Å². The Hall–Kier alpha value is -0.830. The van der Waals surface area contributed by atoms with Crippen molar-refractivity contribution >= 4 is 35.7 Å². The van der Waals surface area contributed by atoms with Gasteiger partial charge in [0.05, 0.1) is 5.52 Å². The van der Waals surface area contributed by atoms with E-state index in [0.717, 1.165) is 18.4 Å². The molecule has 0 radical (unpaired) electrons. The first-order valence-corrected chi connectivity index (χ1v) is 5.86. The zero-order valence-corrected chi connectivity index (χ0v) is 11.9. The standard InChI is InChI=1S/C14H16N2.2ClH/c1-2-14(15)9-12(14)10-5-6-13-11(8-10)4-3-7-16-13;;/h3-8,12H,2,9,15H2,1H3;2*1H/t12-,14-;;/m1../s1. The molecule has 0 unspecified atom stereocenters. The van der Waals surface area contributed by atoms with Gasteiger partial charge in [-0.3, -0.25) is 4.98 Å². The van der Waals surface area contributed by atoms with Crippen LogP contribution in [0.1, 0.15) is 31.2 Å². The van der Waals surface area contributed by atoms with Crippen LogP contribution in [0.15, 0.2) is 36.5 Å². The Kier molecular flexibility index (Phi) is 4.60. The van der Waals surface area contributed by atoms with Gasteiger partial charge in [0.25, 0.3) is 0 Å². The van der Waals surface area contributed by atoms with E-state index in [1.54, 1.807) is 0 Å². The summed E-state index contributed by atoms with van der Waals surface area (Å²) in [5.74, 6) is 0.544. The second-order valence-electron chi connectivity index (χ2n) is 4.80. The topological polar surface area (TPSA) is 38.9 Å². The van der Waals surface area contributed by atoms with E-state index in [-0.39, 0.29) is 30.4 Å². The molecular weight excluding hydrogens is 267 g/mol. The van der Waals surface area contributed by atoms with E-state index in [4.69, 9.17) is 5.73 Å². The molecule has 2 nitrogen and oxygen atoms in total. The van der Waals surface area contributed by atoms with Gasteiger partial charge in [0, 0.05) is 23.0 Å². The van der Waals surface area contributed by atoms with Crippen molar-refractivity contribution in [2.45, 2.75) is 31.2 Å². The molecule has 1 heterocycles. The lowest BCUT2D eigenvalue weighted by Crippen LogP contribution is -2.22. The van der Waals surface area contributed by atoms with Gasteiger partial charge in [-0.1, -0.05) is 19.1 Å². The van der Waals surface area contributed by atoms with Crippen molar-refractivity contribution in [3.63, 3.8) is 0 Å². The SMILES string of the molecule is CC[C@@]1(N)C[C@@H]1c1ccc2ncccc2c1.Cl.Cl. The van der Waals surface area contributed by atoms with Gasteiger partial charge < -0.3 is 5.73 Å². The lowest BCUT2D eigenvalue weighted by Gasteiger charge is -2.08. The van der Waals surface area contributed by atoms with E-state index >= 15 is 0 Å². The molecule has 1 fully saturated rings. The number of hydrogen-bond donors (Lipinski definition) is 1. The molecule has 0 aliphatic heterocycles. The summed E-state index contributed by atoms with van der Waals surface area (Å²) >= 11 is 0. The van der Waals surface area contributed by atoms with Gasteiger partial charge in [-0.25, -0.2) is 0 Å². The summed E-state index contributed by atoms with van der Waals surface area (Å²) in [7, 11) is 0. The van der Waals surface area contributed by atoms with E-state index in [1.165, 1.54) is 10.9 Å². The molecule has 2 N–H and O–H groups in total. The monoisotopic (exact) mass is 284 g/mol. The van der Waals surface area contributed by atoms with Crippen LogP contribution in [-0.2, 0) is 0 Å². The summed E-state index contributed by atoms with van der Waals surface area (Å²) in [5.41, 5.74) is 8.73. The molecule has 1 aliphatic carbocycles. The summed E-state index contributed by atoms with van der Waals surface area (Å²) in [6.07, 6.45) is 4.01. The predicted octanol–water partition coefficient (Wildman–Crippen LogP) is 3.67. The molecule has 0 bridgehead atoms. The molecule has 3 rings (SSSR count). The average Bonchev–Trinajstić information content (AvgIpc) is 3.02. The van der Waals surface area contributed by atoms with Crippen LogP contribution >= 0.6 is 24.8 Å². The van der Waals surface area contributed by atoms with Crippen LogP contribution < -0.4 is 5.73 Å². The average molecular weight is 285 g/mol. The summed E-state index contributed by atoms with van der Waals surface area (Å²) < 4.78 is 0. The number of hydrogen-bond acceptors (Lipinski definition) is 2. The maximum atomic E-state index is 6.25. The third-order valence-corrected chi connectivity index (χ3v) is 3.81. The van der Waals surface area contributed by atoms with E-state index in [0.29, 0.717) is 5.92 Å². The van der Waals surface area contributed by atoms with Crippen molar-refractivity contribution < 1.29 is 0 Å². The summed E-state index contributed by atoms with van der Waals surface area (Å²) in [5, 5.41) is 1.21. The number of pyridine rings is 1. The third kappa shape index (κ3) is 2.46. The number of rotatable bonds is 2. The molecule has 1 aromatic heterocycles. The summed E-state index contributed by atoms with van der Waals surface area (Å²) in [6.45, 7) is 2.17. The minimum absolute atomic E-state index is 0. The minimum Gasteiger partial charge on any atom is -0.325 e. The van der Waals surface area contributed by atoms with Gasteiger partial charge in [-0.05, 0) is 36.6 Å². The summed E-state index contributed by atoms with van der Waals surface area (Å²) in [6, 6.07) is 10.6. The third-order valence-electron chi connectivity index (χ3n) is 3.81. The molecule has 2 aromatic rings. The van der Waals surface area contributed by atoms with Crippen molar-refractivity contribution in [3.05, 3.63) is 42.1 Å². The zero-order valence-electron chi connectivity index (χ0n) is 10.3. The maximum absolute atomic E-state index is 6.25. The zero-order chi connectivity index (χ0) is 11.2. The highest BCUT2D eigenvalue weighted by Gasteiger charge is 2.49. The molecule has 4 heteroatoms. The van der Waals surface area contributed by atoms with Crippen molar-refractivity contribution in [1.29, 1.82) is 0 Å². The fourth-order valence-corrected chi connectivity index (χ4v) is 2.47. The van der Waals surface area contributed by atoms with Crippen LogP contribution in [0.4, 0.5) is 0 Å². The second-order valence-corrected chi connectivity index (χ2v) is 4.80. The largest absolute Gasteiger partial charge is 0.325 e. The molecular formula is C14H18Cl2N2. The molecule has 1 aromatic carbocycles. The fraction of sp³-hybridized carbons (Fsp3) is 0.357. The van der Waals surface area contributed by atoms with Crippen LogP contribution in [0.5, 0.6) is 0 Å². The number of halogens is 2. The molecule has 0 saturated heterocycles. The molecule has 1 saturated carbocycles. The van der Waals surface area contributed by atoms with E-state index in [1.807, 2.05) is 12.3 Å². The Morgan fingerprint density at radius 3 is 2.78 bits per heavy atom. The number of nitrogens with zero attached hydrogens (tertiary/aromatic N) is 1. The van der Waals surface area contributed by atoms with Crippen molar-refractivity contribution in [2.24, 2.45) is 5.73 Å². The molecule has 0 spiro atoms. The van der Waals surface area contributed by atoms with Crippen LogP contribution in [0.25, 0.3) is 10.9 Å². The Balaban J connectivity index is 0.000000810. The van der Waals surface area contributed by atoms with Crippen molar-refractivity contribution in [2.75, 3.05) is 0 Å². The quantitative estimate of drug-likeness (QED) is 0.914. The Bertz CT molecular complexity index is 544. The highest BCUT2D eigenvalue weighted by atomic mass is 35.5. The first kappa shape index (κ1) is 15.2. The lowest BCUT2D eigenvalue weighted by molar-refractivity contribution is 0.626. The van der Waals surface area contributed by atoms with Crippen LogP contribution in [0.3, 0.4) is 0 Å². The maximum Gasteiger partial charge on any atom is 0.0702 e. The van der Waals surface area contributed by atoms with E-state index in [9.17, 15) is 0 Å². The highest BCUT2D eigenvalue weighted by Crippen LogP contribution is 2.51. The number of benzene rings is 1. The predicted molar refractivity (Wildman–Crippen MR) is 80.8 cm³/mol. The fourth-order valence-electron chi connectivity index (χ4n) is 2.47. The van der Waals surface area contributed by atoms with Gasteiger partial charge in [-0.2, -0.15) is 0 Å². The smallest absolute Gasteiger partial charge is 0.0702 e. The Labute approximate surface area is 120 Å². The number of aromatic nitrogens is 1. The van der Waals surface area contributed by atoms with Crippen LogP contribution in [0, 0.1) is 0 Å².